The van der Waals surface area contributed by atoms with Crippen molar-refractivity contribution < 1.29 is 28.6 Å². The maximum absolute atomic E-state index is 13.6. The standard InChI is InChI=1S/C62H123N3O6/c1-7-9-11-13-15-17-19-21-23-25-27-29-31-33-35-37-43-51-60(66)69-57-45-39-41-49-59(71-62(68)65(55-47-53-63(3)4)56-48-54-64(5)6)50-42-40-46-58-70-61(67)52-44-38-36-34-32-30-28-26-24-22-20-18-16-14-12-10-8-2/h59H,7-58H2,1-6H3. The van der Waals surface area contributed by atoms with Crippen molar-refractivity contribution in [1.29, 1.82) is 0 Å². The topological polar surface area (TPSA) is 88.6 Å². The van der Waals surface area contributed by atoms with Gasteiger partial charge in [-0.15, -0.1) is 0 Å². The van der Waals surface area contributed by atoms with Crippen LogP contribution in [0.25, 0.3) is 0 Å². The van der Waals surface area contributed by atoms with Crippen LogP contribution in [0.4, 0.5) is 4.79 Å². The summed E-state index contributed by atoms with van der Waals surface area (Å²) in [4.78, 5) is 44.7. The maximum atomic E-state index is 13.6. The van der Waals surface area contributed by atoms with Crippen LogP contribution >= 0.6 is 0 Å². The number of ether oxygens (including phenoxy) is 3. The van der Waals surface area contributed by atoms with Crippen LogP contribution in [-0.4, -0.2) is 106 Å². The number of carbonyl (C=O) groups excluding carboxylic acids is 3. The zero-order valence-corrected chi connectivity index (χ0v) is 48.6. The van der Waals surface area contributed by atoms with Crippen LogP contribution in [0.5, 0.6) is 0 Å². The monoisotopic (exact) mass is 1010 g/mol. The third-order valence-electron chi connectivity index (χ3n) is 14.4. The molecule has 0 aromatic carbocycles. The molecule has 0 atom stereocenters. The van der Waals surface area contributed by atoms with Crippen molar-refractivity contribution in [3.05, 3.63) is 0 Å². The Balaban J connectivity index is 4.36. The summed E-state index contributed by atoms with van der Waals surface area (Å²) in [6.45, 7) is 8.73. The van der Waals surface area contributed by atoms with Gasteiger partial charge in [0.1, 0.15) is 6.10 Å². The van der Waals surface area contributed by atoms with Crippen molar-refractivity contribution in [3.63, 3.8) is 0 Å². The van der Waals surface area contributed by atoms with Gasteiger partial charge in [-0.3, -0.25) is 9.59 Å². The van der Waals surface area contributed by atoms with E-state index in [4.69, 9.17) is 14.2 Å². The molecule has 422 valence electrons. The lowest BCUT2D eigenvalue weighted by Crippen LogP contribution is -2.37. The summed E-state index contributed by atoms with van der Waals surface area (Å²) in [6, 6.07) is 0. The maximum Gasteiger partial charge on any atom is 0.410 e. The highest BCUT2D eigenvalue weighted by Crippen LogP contribution is 2.19. The predicted octanol–water partition coefficient (Wildman–Crippen LogP) is 18.0. The van der Waals surface area contributed by atoms with Crippen LogP contribution < -0.4 is 0 Å². The Hall–Kier alpha value is -1.87. The van der Waals surface area contributed by atoms with Crippen molar-refractivity contribution >= 4 is 18.0 Å². The van der Waals surface area contributed by atoms with Gasteiger partial charge in [0.25, 0.3) is 0 Å². The van der Waals surface area contributed by atoms with E-state index >= 15 is 0 Å². The minimum Gasteiger partial charge on any atom is -0.466 e. The van der Waals surface area contributed by atoms with Gasteiger partial charge in [-0.1, -0.05) is 219 Å². The first-order valence-corrected chi connectivity index (χ1v) is 31.3. The molecular formula is C62H123N3O6. The van der Waals surface area contributed by atoms with Gasteiger partial charge in [0, 0.05) is 25.9 Å². The number of hydrogen-bond donors (Lipinski definition) is 0. The molecule has 0 heterocycles. The Bertz CT molecular complexity index is 1040. The van der Waals surface area contributed by atoms with Gasteiger partial charge in [0.2, 0.25) is 0 Å². The number of rotatable bonds is 57. The smallest absolute Gasteiger partial charge is 0.410 e. The Labute approximate surface area is 442 Å². The third-order valence-corrected chi connectivity index (χ3v) is 14.4. The fourth-order valence-electron chi connectivity index (χ4n) is 9.74. The minimum absolute atomic E-state index is 0.0672. The second-order valence-corrected chi connectivity index (χ2v) is 22.3. The van der Waals surface area contributed by atoms with E-state index in [1.165, 1.54) is 193 Å². The Morgan fingerprint density at radius 3 is 0.873 bits per heavy atom. The molecule has 9 heteroatoms. The molecule has 0 aromatic heterocycles. The molecule has 0 aliphatic rings. The molecule has 0 aliphatic carbocycles. The van der Waals surface area contributed by atoms with Crippen molar-refractivity contribution in [1.82, 2.24) is 14.7 Å². The highest BCUT2D eigenvalue weighted by atomic mass is 16.6. The van der Waals surface area contributed by atoms with E-state index in [0.717, 1.165) is 103 Å². The van der Waals surface area contributed by atoms with Crippen LogP contribution in [0.15, 0.2) is 0 Å². The number of carbonyl (C=O) groups is 3. The average Bonchev–Trinajstić information content (AvgIpc) is 3.34. The molecule has 1 amide bonds. The van der Waals surface area contributed by atoms with Crippen LogP contribution in [-0.2, 0) is 23.8 Å². The Morgan fingerprint density at radius 1 is 0.324 bits per heavy atom. The summed E-state index contributed by atoms with van der Waals surface area (Å²) in [6.07, 6.45) is 54.8. The zero-order valence-electron chi connectivity index (χ0n) is 48.6. The quantitative estimate of drug-likeness (QED) is 0.0338. The largest absolute Gasteiger partial charge is 0.466 e. The summed E-state index contributed by atoms with van der Waals surface area (Å²) < 4.78 is 17.5. The van der Waals surface area contributed by atoms with Crippen LogP contribution in [0, 0.1) is 0 Å². The molecule has 0 radical (unpaired) electrons. The van der Waals surface area contributed by atoms with Gasteiger partial charge < -0.3 is 28.9 Å². The molecule has 0 fully saturated rings. The molecule has 0 aliphatic heterocycles. The molecule has 0 saturated heterocycles. The van der Waals surface area contributed by atoms with Crippen molar-refractivity contribution in [2.75, 3.05) is 67.6 Å². The van der Waals surface area contributed by atoms with Crippen molar-refractivity contribution in [2.24, 2.45) is 0 Å². The van der Waals surface area contributed by atoms with Gasteiger partial charge in [-0.05, 0) is 118 Å². The molecular weight excluding hydrogens is 883 g/mol. The lowest BCUT2D eigenvalue weighted by atomic mass is 10.0. The van der Waals surface area contributed by atoms with Gasteiger partial charge in [-0.2, -0.15) is 0 Å². The normalized spacial score (nSPS) is 11.6. The molecule has 0 bridgehead atoms. The number of amides is 1. The fourth-order valence-corrected chi connectivity index (χ4v) is 9.74. The number of esters is 2. The molecule has 0 saturated carbocycles. The van der Waals surface area contributed by atoms with E-state index in [-0.39, 0.29) is 24.1 Å². The molecule has 0 unspecified atom stereocenters. The van der Waals surface area contributed by atoms with Crippen molar-refractivity contribution in [3.8, 4) is 0 Å². The first-order valence-electron chi connectivity index (χ1n) is 31.3. The highest BCUT2D eigenvalue weighted by Gasteiger charge is 2.20. The number of hydrogen-bond acceptors (Lipinski definition) is 8. The molecule has 9 nitrogen and oxygen atoms in total. The van der Waals surface area contributed by atoms with Gasteiger partial charge in [0.15, 0.2) is 0 Å². The number of unbranched alkanes of at least 4 members (excludes halogenated alkanes) is 36. The Kier molecular flexibility index (Phi) is 54.4. The van der Waals surface area contributed by atoms with Gasteiger partial charge in [-0.25, -0.2) is 4.79 Å². The molecule has 0 aromatic rings. The summed E-state index contributed by atoms with van der Waals surface area (Å²) in [5.41, 5.74) is 0. The highest BCUT2D eigenvalue weighted by molar-refractivity contribution is 5.69. The van der Waals surface area contributed by atoms with E-state index in [1.807, 2.05) is 4.90 Å². The fraction of sp³-hybridized carbons (Fsp3) is 0.952. The Morgan fingerprint density at radius 2 is 0.592 bits per heavy atom. The zero-order chi connectivity index (χ0) is 51.9. The molecule has 71 heavy (non-hydrogen) atoms. The summed E-state index contributed by atoms with van der Waals surface area (Å²) in [5.74, 6) is -0.134. The van der Waals surface area contributed by atoms with E-state index in [0.29, 0.717) is 39.1 Å². The lowest BCUT2D eigenvalue weighted by Gasteiger charge is -2.27. The minimum atomic E-state index is -0.205. The third kappa shape index (κ3) is 54.2. The summed E-state index contributed by atoms with van der Waals surface area (Å²) in [5, 5.41) is 0. The van der Waals surface area contributed by atoms with Crippen LogP contribution in [0.1, 0.15) is 309 Å². The predicted molar refractivity (Wildman–Crippen MR) is 305 cm³/mol. The van der Waals surface area contributed by atoms with E-state index in [9.17, 15) is 14.4 Å². The first kappa shape index (κ1) is 69.1. The number of nitrogens with zero attached hydrogens (tertiary/aromatic N) is 3. The van der Waals surface area contributed by atoms with Crippen LogP contribution in [0.2, 0.25) is 0 Å². The summed E-state index contributed by atoms with van der Waals surface area (Å²) in [7, 11) is 8.27. The average molecular weight is 1010 g/mol. The first-order chi connectivity index (χ1) is 34.7. The van der Waals surface area contributed by atoms with E-state index in [1.54, 1.807) is 0 Å². The summed E-state index contributed by atoms with van der Waals surface area (Å²) >= 11 is 0. The van der Waals surface area contributed by atoms with Crippen molar-refractivity contribution in [2.45, 2.75) is 315 Å². The lowest BCUT2D eigenvalue weighted by molar-refractivity contribution is -0.144. The SMILES string of the molecule is CCCCCCCCCCCCCCCCCCCC(=O)OCCCCCC(CCCCCOC(=O)CCCCCCCCCCCCCCCCCCC)OC(=O)N(CCCN(C)C)CCCN(C)C. The molecule has 0 spiro atoms. The molecule has 0 N–H and O–H groups in total. The van der Waals surface area contributed by atoms with E-state index in [2.05, 4.69) is 51.8 Å². The van der Waals surface area contributed by atoms with Crippen LogP contribution in [0.3, 0.4) is 0 Å². The van der Waals surface area contributed by atoms with Gasteiger partial charge >= 0.3 is 18.0 Å². The van der Waals surface area contributed by atoms with Gasteiger partial charge in [0.05, 0.1) is 13.2 Å². The second-order valence-electron chi connectivity index (χ2n) is 22.3. The molecule has 0 rings (SSSR count). The van der Waals surface area contributed by atoms with E-state index < -0.39 is 0 Å². The second kappa shape index (κ2) is 55.9.